The van der Waals surface area contributed by atoms with Gasteiger partial charge in [0.05, 0.1) is 12.6 Å². The number of nitrogens with two attached hydrogens (primary N) is 1. The van der Waals surface area contributed by atoms with E-state index in [9.17, 15) is 4.79 Å². The van der Waals surface area contributed by atoms with Crippen molar-refractivity contribution in [3.63, 3.8) is 0 Å². The van der Waals surface area contributed by atoms with Gasteiger partial charge in [-0.3, -0.25) is 4.79 Å². The smallest absolute Gasteiger partial charge is 0.234 e. The van der Waals surface area contributed by atoms with Crippen molar-refractivity contribution in [1.82, 2.24) is 5.32 Å². The second-order valence-electron chi connectivity index (χ2n) is 3.68. The number of furan rings is 1. The van der Waals surface area contributed by atoms with Crippen molar-refractivity contribution in [2.75, 3.05) is 6.54 Å². The molecule has 17 heavy (non-hydrogen) atoms. The number of benzene rings is 1. The molecule has 1 heterocycles. The number of rotatable bonds is 3. The van der Waals surface area contributed by atoms with Crippen LogP contribution in [0.1, 0.15) is 18.7 Å². The van der Waals surface area contributed by atoms with Gasteiger partial charge in [0, 0.05) is 5.39 Å². The molecule has 1 aromatic carbocycles. The number of amides is 1. The Labute approximate surface area is 106 Å². The van der Waals surface area contributed by atoms with E-state index in [4.69, 9.17) is 10.2 Å². The molecular weight excluding hydrogens is 240 g/mol. The first-order valence-electron chi connectivity index (χ1n) is 5.18. The second-order valence-corrected chi connectivity index (χ2v) is 3.68. The molecule has 92 valence electrons. The summed E-state index contributed by atoms with van der Waals surface area (Å²) in [5.41, 5.74) is 6.06. The molecule has 1 unspecified atom stereocenters. The van der Waals surface area contributed by atoms with Gasteiger partial charge in [-0.25, -0.2) is 0 Å². The lowest BCUT2D eigenvalue weighted by Gasteiger charge is -2.09. The van der Waals surface area contributed by atoms with Crippen molar-refractivity contribution in [2.45, 2.75) is 13.0 Å². The van der Waals surface area contributed by atoms with Crippen LogP contribution in [0.2, 0.25) is 0 Å². The van der Waals surface area contributed by atoms with Gasteiger partial charge in [0.1, 0.15) is 11.3 Å². The van der Waals surface area contributed by atoms with Gasteiger partial charge in [-0.1, -0.05) is 18.2 Å². The zero-order chi connectivity index (χ0) is 11.5. The Morgan fingerprint density at radius 1 is 1.47 bits per heavy atom. The lowest BCUT2D eigenvalue weighted by molar-refractivity contribution is -0.120. The molecule has 3 N–H and O–H groups in total. The molecule has 1 amide bonds. The van der Waals surface area contributed by atoms with Gasteiger partial charge in [-0.05, 0) is 19.1 Å². The van der Waals surface area contributed by atoms with E-state index in [1.165, 1.54) is 0 Å². The van der Waals surface area contributed by atoms with E-state index in [-0.39, 0.29) is 30.9 Å². The SMILES string of the molecule is CC(NC(=O)CN)c1cc2ccccc2o1.Cl. The summed E-state index contributed by atoms with van der Waals surface area (Å²) in [6.45, 7) is 1.86. The highest BCUT2D eigenvalue weighted by atomic mass is 35.5. The number of nitrogens with one attached hydrogen (secondary N) is 1. The predicted molar refractivity (Wildman–Crippen MR) is 69.1 cm³/mol. The summed E-state index contributed by atoms with van der Waals surface area (Å²) < 4.78 is 5.62. The second kappa shape index (κ2) is 5.70. The van der Waals surface area contributed by atoms with Gasteiger partial charge in [-0.2, -0.15) is 0 Å². The highest BCUT2D eigenvalue weighted by Crippen LogP contribution is 2.23. The molecule has 4 nitrogen and oxygen atoms in total. The van der Waals surface area contributed by atoms with Crippen LogP contribution in [0.5, 0.6) is 0 Å². The molecule has 0 spiro atoms. The number of hydrogen-bond acceptors (Lipinski definition) is 3. The molecule has 0 saturated heterocycles. The van der Waals surface area contributed by atoms with Crippen LogP contribution in [0, 0.1) is 0 Å². The zero-order valence-corrected chi connectivity index (χ0v) is 10.3. The number of fused-ring (bicyclic) bond motifs is 1. The first-order valence-corrected chi connectivity index (χ1v) is 5.18. The van der Waals surface area contributed by atoms with Gasteiger partial charge in [-0.15, -0.1) is 12.4 Å². The maximum Gasteiger partial charge on any atom is 0.234 e. The van der Waals surface area contributed by atoms with Gasteiger partial charge < -0.3 is 15.5 Å². The molecule has 2 rings (SSSR count). The molecule has 0 fully saturated rings. The third-order valence-corrected chi connectivity index (χ3v) is 2.43. The fraction of sp³-hybridized carbons (Fsp3) is 0.250. The van der Waals surface area contributed by atoms with Crippen LogP contribution in [-0.2, 0) is 4.79 Å². The summed E-state index contributed by atoms with van der Waals surface area (Å²) >= 11 is 0. The van der Waals surface area contributed by atoms with E-state index in [0.29, 0.717) is 0 Å². The predicted octanol–water partition coefficient (Wildman–Crippen LogP) is 1.99. The lowest BCUT2D eigenvalue weighted by atomic mass is 10.2. The standard InChI is InChI=1S/C12H14N2O2.ClH/c1-8(14-12(15)7-13)11-6-9-4-2-3-5-10(9)16-11;/h2-6,8H,7,13H2,1H3,(H,14,15);1H. The van der Waals surface area contributed by atoms with E-state index in [1.807, 2.05) is 37.3 Å². The third kappa shape index (κ3) is 2.99. The minimum Gasteiger partial charge on any atom is -0.459 e. The van der Waals surface area contributed by atoms with E-state index < -0.39 is 0 Å². The maximum atomic E-state index is 11.1. The van der Waals surface area contributed by atoms with Crippen molar-refractivity contribution in [1.29, 1.82) is 0 Å². The normalized spacial score (nSPS) is 11.9. The number of hydrogen-bond donors (Lipinski definition) is 2. The molecule has 1 aromatic heterocycles. The average molecular weight is 255 g/mol. The van der Waals surface area contributed by atoms with Crippen LogP contribution in [0.15, 0.2) is 34.7 Å². The number of carbonyl (C=O) groups excluding carboxylic acids is 1. The molecule has 1 atom stereocenters. The van der Waals surface area contributed by atoms with Gasteiger partial charge >= 0.3 is 0 Å². The first-order chi connectivity index (χ1) is 7.70. The van der Waals surface area contributed by atoms with Gasteiger partial charge in [0.25, 0.3) is 0 Å². The van der Waals surface area contributed by atoms with Crippen LogP contribution in [-0.4, -0.2) is 12.5 Å². The molecule has 0 aliphatic heterocycles. The van der Waals surface area contributed by atoms with Gasteiger partial charge in [0.15, 0.2) is 0 Å². The number of halogens is 1. The molecule has 0 aliphatic carbocycles. The molecule has 0 radical (unpaired) electrons. The van der Waals surface area contributed by atoms with Crippen LogP contribution < -0.4 is 11.1 Å². The van der Waals surface area contributed by atoms with Crippen molar-refractivity contribution in [3.05, 3.63) is 36.1 Å². The van der Waals surface area contributed by atoms with Crippen LogP contribution in [0.3, 0.4) is 0 Å². The Balaban J connectivity index is 0.00000144. The fourth-order valence-corrected chi connectivity index (χ4v) is 1.59. The Kier molecular flexibility index (Phi) is 4.54. The molecule has 2 aromatic rings. The van der Waals surface area contributed by atoms with Gasteiger partial charge in [0.2, 0.25) is 5.91 Å². The molecule has 0 aliphatic rings. The maximum absolute atomic E-state index is 11.1. The highest BCUT2D eigenvalue weighted by molar-refractivity contribution is 5.85. The Morgan fingerprint density at radius 2 is 2.18 bits per heavy atom. The topological polar surface area (TPSA) is 68.3 Å². The fourth-order valence-electron chi connectivity index (χ4n) is 1.59. The molecule has 0 bridgehead atoms. The van der Waals surface area contributed by atoms with E-state index in [1.54, 1.807) is 0 Å². The molecular formula is C12H15ClN2O2. The monoisotopic (exact) mass is 254 g/mol. The summed E-state index contributed by atoms with van der Waals surface area (Å²) in [6, 6.07) is 9.50. The quantitative estimate of drug-likeness (QED) is 0.880. The minimum atomic E-state index is -0.187. The highest BCUT2D eigenvalue weighted by Gasteiger charge is 2.12. The minimum absolute atomic E-state index is 0. The van der Waals surface area contributed by atoms with Crippen molar-refractivity contribution in [3.8, 4) is 0 Å². The number of para-hydroxylation sites is 1. The first kappa shape index (κ1) is 13.5. The molecule has 5 heteroatoms. The Morgan fingerprint density at radius 3 is 2.82 bits per heavy atom. The third-order valence-electron chi connectivity index (χ3n) is 2.43. The molecule has 0 saturated carbocycles. The lowest BCUT2D eigenvalue weighted by Crippen LogP contribution is -2.32. The largest absolute Gasteiger partial charge is 0.459 e. The van der Waals surface area contributed by atoms with Crippen molar-refractivity contribution < 1.29 is 9.21 Å². The summed E-state index contributed by atoms with van der Waals surface area (Å²) in [5, 5.41) is 3.78. The van der Waals surface area contributed by atoms with E-state index in [0.717, 1.165) is 16.7 Å². The summed E-state index contributed by atoms with van der Waals surface area (Å²) in [5.74, 6) is 0.552. The van der Waals surface area contributed by atoms with Crippen molar-refractivity contribution in [2.24, 2.45) is 5.73 Å². The van der Waals surface area contributed by atoms with Crippen LogP contribution in [0.25, 0.3) is 11.0 Å². The van der Waals surface area contributed by atoms with E-state index in [2.05, 4.69) is 5.32 Å². The summed E-state index contributed by atoms with van der Waals surface area (Å²) in [6.07, 6.45) is 0. The Hall–Kier alpha value is -1.52. The van der Waals surface area contributed by atoms with Crippen LogP contribution in [0.4, 0.5) is 0 Å². The van der Waals surface area contributed by atoms with Crippen molar-refractivity contribution >= 4 is 29.3 Å². The number of carbonyl (C=O) groups is 1. The van der Waals surface area contributed by atoms with Crippen LogP contribution >= 0.6 is 12.4 Å². The average Bonchev–Trinajstić information content (AvgIpc) is 2.72. The zero-order valence-electron chi connectivity index (χ0n) is 9.47. The summed E-state index contributed by atoms with van der Waals surface area (Å²) in [7, 11) is 0. The van der Waals surface area contributed by atoms with E-state index >= 15 is 0 Å². The Bertz CT molecular complexity index is 477. The summed E-state index contributed by atoms with van der Waals surface area (Å²) in [4.78, 5) is 11.1.